The number of rotatable bonds is 4. The predicted molar refractivity (Wildman–Crippen MR) is 50.4 cm³/mol. The highest BCUT2D eigenvalue weighted by atomic mass is 16.5. The predicted octanol–water partition coefficient (Wildman–Crippen LogP) is 0.647. The van der Waals surface area contributed by atoms with E-state index in [1.807, 2.05) is 6.07 Å². The van der Waals surface area contributed by atoms with E-state index in [2.05, 4.69) is 10.1 Å². The summed E-state index contributed by atoms with van der Waals surface area (Å²) in [6.07, 6.45) is 0.481. The SMILES string of the molecule is COC(=O)C(NC=O)c1ccccc1. The largest absolute Gasteiger partial charge is 0.467 e. The van der Waals surface area contributed by atoms with Gasteiger partial charge in [-0.05, 0) is 5.56 Å². The standard InChI is InChI=1S/C10H11NO3/c1-14-10(13)9(11-7-12)8-5-3-2-4-6-8/h2-7,9H,1H3,(H,11,12). The lowest BCUT2D eigenvalue weighted by atomic mass is 10.1. The van der Waals surface area contributed by atoms with Crippen molar-refractivity contribution in [3.05, 3.63) is 35.9 Å². The van der Waals surface area contributed by atoms with Crippen LogP contribution in [0, 0.1) is 0 Å². The first-order valence-corrected chi connectivity index (χ1v) is 4.12. The summed E-state index contributed by atoms with van der Waals surface area (Å²) in [5, 5.41) is 2.39. The molecule has 0 spiro atoms. The van der Waals surface area contributed by atoms with Crippen LogP contribution in [0.25, 0.3) is 0 Å². The van der Waals surface area contributed by atoms with Gasteiger partial charge in [-0.3, -0.25) is 4.79 Å². The molecular formula is C10H11NO3. The Kier molecular flexibility index (Phi) is 3.67. The van der Waals surface area contributed by atoms with Crippen molar-refractivity contribution >= 4 is 12.4 Å². The number of benzene rings is 1. The van der Waals surface area contributed by atoms with Crippen molar-refractivity contribution in [2.24, 2.45) is 0 Å². The highest BCUT2D eigenvalue weighted by Crippen LogP contribution is 2.12. The Morgan fingerprint density at radius 1 is 1.43 bits per heavy atom. The topological polar surface area (TPSA) is 55.4 Å². The van der Waals surface area contributed by atoms with Gasteiger partial charge in [0.1, 0.15) is 0 Å². The fourth-order valence-electron chi connectivity index (χ4n) is 1.13. The van der Waals surface area contributed by atoms with E-state index in [0.717, 1.165) is 0 Å². The van der Waals surface area contributed by atoms with Crippen molar-refractivity contribution in [2.75, 3.05) is 7.11 Å². The molecule has 0 heterocycles. The van der Waals surface area contributed by atoms with Crippen molar-refractivity contribution < 1.29 is 14.3 Å². The molecule has 14 heavy (non-hydrogen) atoms. The lowest BCUT2D eigenvalue weighted by molar-refractivity contribution is -0.144. The summed E-state index contributed by atoms with van der Waals surface area (Å²) in [5.41, 5.74) is 0.700. The minimum atomic E-state index is -0.723. The van der Waals surface area contributed by atoms with E-state index in [-0.39, 0.29) is 0 Å². The summed E-state index contributed by atoms with van der Waals surface area (Å²) in [5.74, 6) is -0.483. The zero-order valence-electron chi connectivity index (χ0n) is 7.77. The molecule has 0 aliphatic rings. The molecule has 0 aliphatic carbocycles. The van der Waals surface area contributed by atoms with E-state index >= 15 is 0 Å². The first kappa shape index (κ1) is 10.2. The molecule has 0 aromatic heterocycles. The normalized spacial score (nSPS) is 11.5. The minimum Gasteiger partial charge on any atom is -0.467 e. The van der Waals surface area contributed by atoms with Gasteiger partial charge in [-0.25, -0.2) is 4.79 Å². The third kappa shape index (κ3) is 2.32. The van der Waals surface area contributed by atoms with Crippen molar-refractivity contribution in [2.45, 2.75) is 6.04 Å². The molecule has 0 saturated carbocycles. The van der Waals surface area contributed by atoms with Gasteiger partial charge in [-0.2, -0.15) is 0 Å². The number of nitrogens with one attached hydrogen (secondary N) is 1. The Hall–Kier alpha value is -1.84. The summed E-state index contributed by atoms with van der Waals surface area (Å²) in [4.78, 5) is 21.5. The Bertz CT molecular complexity index is 310. The van der Waals surface area contributed by atoms with Gasteiger partial charge < -0.3 is 10.1 Å². The van der Waals surface area contributed by atoms with Crippen LogP contribution in [0.1, 0.15) is 11.6 Å². The van der Waals surface area contributed by atoms with Crippen LogP contribution in [0.2, 0.25) is 0 Å². The number of methoxy groups -OCH3 is 1. The molecule has 1 rings (SSSR count). The van der Waals surface area contributed by atoms with Gasteiger partial charge in [-0.15, -0.1) is 0 Å². The lowest BCUT2D eigenvalue weighted by Crippen LogP contribution is -2.28. The molecule has 1 N–H and O–H groups in total. The van der Waals surface area contributed by atoms with Gasteiger partial charge in [0.25, 0.3) is 0 Å². The first-order valence-electron chi connectivity index (χ1n) is 4.12. The molecule has 1 aromatic carbocycles. The third-order valence-electron chi connectivity index (χ3n) is 1.80. The average molecular weight is 193 g/mol. The van der Waals surface area contributed by atoms with Crippen LogP contribution in [0.15, 0.2) is 30.3 Å². The molecule has 0 fully saturated rings. The molecular weight excluding hydrogens is 182 g/mol. The van der Waals surface area contributed by atoms with Crippen molar-refractivity contribution in [3.8, 4) is 0 Å². The maximum atomic E-state index is 11.3. The Labute approximate surface area is 81.9 Å². The summed E-state index contributed by atoms with van der Waals surface area (Å²) < 4.78 is 4.56. The fourth-order valence-corrected chi connectivity index (χ4v) is 1.13. The van der Waals surface area contributed by atoms with E-state index in [4.69, 9.17) is 0 Å². The zero-order valence-corrected chi connectivity index (χ0v) is 7.77. The molecule has 0 radical (unpaired) electrons. The molecule has 0 bridgehead atoms. The van der Waals surface area contributed by atoms with E-state index < -0.39 is 12.0 Å². The number of amides is 1. The van der Waals surface area contributed by atoms with E-state index in [1.165, 1.54) is 7.11 Å². The second-order valence-corrected chi connectivity index (χ2v) is 2.65. The quantitative estimate of drug-likeness (QED) is 0.564. The molecule has 1 amide bonds. The van der Waals surface area contributed by atoms with E-state index in [9.17, 15) is 9.59 Å². The van der Waals surface area contributed by atoms with Crippen molar-refractivity contribution in [3.63, 3.8) is 0 Å². The minimum absolute atomic E-state index is 0.481. The lowest BCUT2D eigenvalue weighted by Gasteiger charge is -2.13. The van der Waals surface area contributed by atoms with Gasteiger partial charge in [0, 0.05) is 0 Å². The number of carbonyl (C=O) groups excluding carboxylic acids is 2. The first-order chi connectivity index (χ1) is 6.79. The monoisotopic (exact) mass is 193 g/mol. The number of hydrogen-bond acceptors (Lipinski definition) is 3. The molecule has 0 aliphatic heterocycles. The van der Waals surface area contributed by atoms with Crippen LogP contribution in [-0.2, 0) is 14.3 Å². The Morgan fingerprint density at radius 2 is 2.07 bits per heavy atom. The number of carbonyl (C=O) groups is 2. The summed E-state index contributed by atoms with van der Waals surface area (Å²) in [6, 6.07) is 8.18. The van der Waals surface area contributed by atoms with Crippen LogP contribution in [-0.4, -0.2) is 19.5 Å². The Morgan fingerprint density at radius 3 is 2.57 bits per heavy atom. The fraction of sp³-hybridized carbons (Fsp3) is 0.200. The van der Waals surface area contributed by atoms with Crippen molar-refractivity contribution in [1.29, 1.82) is 0 Å². The van der Waals surface area contributed by atoms with E-state index in [0.29, 0.717) is 12.0 Å². The van der Waals surface area contributed by atoms with Gasteiger partial charge in [-0.1, -0.05) is 30.3 Å². The van der Waals surface area contributed by atoms with Crippen LogP contribution >= 0.6 is 0 Å². The van der Waals surface area contributed by atoms with Crippen LogP contribution in [0.3, 0.4) is 0 Å². The second-order valence-electron chi connectivity index (χ2n) is 2.65. The van der Waals surface area contributed by atoms with E-state index in [1.54, 1.807) is 24.3 Å². The maximum absolute atomic E-state index is 11.3. The summed E-state index contributed by atoms with van der Waals surface area (Å²) in [7, 11) is 1.28. The highest BCUT2D eigenvalue weighted by molar-refractivity contribution is 5.79. The molecule has 1 unspecified atom stereocenters. The van der Waals surface area contributed by atoms with Gasteiger partial charge in [0.2, 0.25) is 6.41 Å². The van der Waals surface area contributed by atoms with Crippen LogP contribution in [0.4, 0.5) is 0 Å². The second kappa shape index (κ2) is 5.01. The average Bonchev–Trinajstić information content (AvgIpc) is 2.26. The van der Waals surface area contributed by atoms with Gasteiger partial charge >= 0.3 is 5.97 Å². The summed E-state index contributed by atoms with van der Waals surface area (Å²) in [6.45, 7) is 0. The number of esters is 1. The smallest absolute Gasteiger partial charge is 0.333 e. The third-order valence-corrected chi connectivity index (χ3v) is 1.80. The Balaban J connectivity index is 2.88. The van der Waals surface area contributed by atoms with Crippen molar-refractivity contribution in [1.82, 2.24) is 5.32 Å². The molecule has 1 aromatic rings. The molecule has 1 atom stereocenters. The zero-order chi connectivity index (χ0) is 10.4. The van der Waals surface area contributed by atoms with Gasteiger partial charge in [0.15, 0.2) is 6.04 Å². The summed E-state index contributed by atoms with van der Waals surface area (Å²) >= 11 is 0. The number of hydrogen-bond donors (Lipinski definition) is 1. The van der Waals surface area contributed by atoms with Crippen LogP contribution < -0.4 is 5.32 Å². The molecule has 74 valence electrons. The highest BCUT2D eigenvalue weighted by Gasteiger charge is 2.19. The molecule has 4 heteroatoms. The molecule has 0 saturated heterocycles. The van der Waals surface area contributed by atoms with Crippen LogP contribution in [0.5, 0.6) is 0 Å². The number of ether oxygens (including phenoxy) is 1. The molecule has 4 nitrogen and oxygen atoms in total. The maximum Gasteiger partial charge on any atom is 0.333 e. The van der Waals surface area contributed by atoms with Gasteiger partial charge in [0.05, 0.1) is 7.11 Å².